The number of amides is 4. The average molecular weight is 437 g/mol. The molecule has 1 saturated carbocycles. The molecule has 0 bridgehead atoms. The summed E-state index contributed by atoms with van der Waals surface area (Å²) >= 11 is 0. The van der Waals surface area contributed by atoms with Gasteiger partial charge in [-0.2, -0.15) is 0 Å². The second-order valence-corrected chi connectivity index (χ2v) is 8.34. The zero-order valence-corrected chi connectivity index (χ0v) is 17.9. The molecule has 1 unspecified atom stereocenters. The molecule has 31 heavy (non-hydrogen) atoms. The van der Waals surface area contributed by atoms with E-state index in [4.69, 9.17) is 9.47 Å². The normalized spacial score (nSPS) is 24.1. The third kappa shape index (κ3) is 5.82. The van der Waals surface area contributed by atoms with Crippen molar-refractivity contribution in [1.82, 2.24) is 15.3 Å². The van der Waals surface area contributed by atoms with Crippen LogP contribution in [0.15, 0.2) is 11.1 Å². The largest absolute Gasteiger partial charge is 0.443 e. The zero-order valence-electron chi connectivity index (χ0n) is 17.9. The molecule has 3 fully saturated rings. The van der Waals surface area contributed by atoms with Crippen LogP contribution >= 0.6 is 0 Å². The molecule has 0 spiro atoms. The highest BCUT2D eigenvalue weighted by Gasteiger charge is 2.39. The Morgan fingerprint density at radius 1 is 1.29 bits per heavy atom. The lowest BCUT2D eigenvalue weighted by Crippen LogP contribution is -2.51. The molecular weight excluding hydrogens is 406 g/mol. The third-order valence-corrected chi connectivity index (χ3v) is 6.30. The quantitative estimate of drug-likeness (QED) is 0.267. The van der Waals surface area contributed by atoms with Gasteiger partial charge in [0, 0.05) is 13.0 Å². The number of carbonyl (C=O) groups excluding carboxylic acids is 4. The second kappa shape index (κ2) is 10.7. The van der Waals surface area contributed by atoms with Gasteiger partial charge in [0.15, 0.2) is 0 Å². The van der Waals surface area contributed by atoms with E-state index in [9.17, 15) is 24.4 Å². The summed E-state index contributed by atoms with van der Waals surface area (Å²) in [5.74, 6) is -1.65. The first-order valence-corrected chi connectivity index (χ1v) is 10.9. The Balaban J connectivity index is 1.69. The van der Waals surface area contributed by atoms with Crippen LogP contribution in [0.4, 0.5) is 4.79 Å². The summed E-state index contributed by atoms with van der Waals surface area (Å²) in [6.45, 7) is 2.86. The number of hydrogen-bond donors (Lipinski definition) is 2. The van der Waals surface area contributed by atoms with Gasteiger partial charge in [0.05, 0.1) is 25.7 Å². The van der Waals surface area contributed by atoms with Gasteiger partial charge in [-0.15, -0.1) is 0 Å². The van der Waals surface area contributed by atoms with Crippen LogP contribution < -0.4 is 5.32 Å². The molecule has 0 aromatic rings. The maximum atomic E-state index is 13.4. The minimum Gasteiger partial charge on any atom is -0.443 e. The molecule has 0 radical (unpaired) electrons. The number of likely N-dealkylation sites (tertiary alicyclic amines) is 1. The van der Waals surface area contributed by atoms with E-state index in [0.717, 1.165) is 31.3 Å². The smallest absolute Gasteiger partial charge is 0.414 e. The van der Waals surface area contributed by atoms with E-state index in [-0.39, 0.29) is 25.0 Å². The second-order valence-electron chi connectivity index (χ2n) is 8.34. The molecule has 172 valence electrons. The minimum atomic E-state index is -0.844. The molecule has 10 nitrogen and oxygen atoms in total. The number of alkyl carbamates (subject to hydrolysis) is 1. The Morgan fingerprint density at radius 2 is 2.03 bits per heavy atom. The van der Waals surface area contributed by atoms with Gasteiger partial charge in [0.25, 0.3) is 5.91 Å². The fourth-order valence-corrected chi connectivity index (χ4v) is 4.55. The van der Waals surface area contributed by atoms with E-state index < -0.39 is 24.0 Å². The molecule has 2 N–H and O–H groups in total. The van der Waals surface area contributed by atoms with Crippen LogP contribution in [0.5, 0.6) is 0 Å². The Labute approximate surface area is 181 Å². The van der Waals surface area contributed by atoms with E-state index in [2.05, 4.69) is 5.32 Å². The van der Waals surface area contributed by atoms with E-state index in [0.29, 0.717) is 44.1 Å². The van der Waals surface area contributed by atoms with Crippen LogP contribution in [-0.4, -0.2) is 77.9 Å². The molecule has 3 rings (SSSR count). The van der Waals surface area contributed by atoms with Crippen molar-refractivity contribution in [2.24, 2.45) is 5.92 Å². The highest BCUT2D eigenvalue weighted by molar-refractivity contribution is 5.97. The number of hydrogen-bond acceptors (Lipinski definition) is 7. The van der Waals surface area contributed by atoms with Crippen LogP contribution in [0.25, 0.3) is 0 Å². The van der Waals surface area contributed by atoms with Crippen LogP contribution in [0.2, 0.25) is 0 Å². The standard InChI is InChI=1S/C21H31N3O7/c1-14(15-5-2-3-6-15)17(11-23(29)13-25)20(27)24-9-4-7-18(24)19(26)22-21(28)31-16-8-10-30-12-16/h13,16-18,29H,2-12H2,1H3,(H,22,26,28)/t16?,17-,18-/m0/s1. The van der Waals surface area contributed by atoms with Gasteiger partial charge in [0.2, 0.25) is 12.3 Å². The zero-order chi connectivity index (χ0) is 22.4. The summed E-state index contributed by atoms with van der Waals surface area (Å²) in [6, 6.07) is -0.799. The molecule has 3 atom stereocenters. The lowest BCUT2D eigenvalue weighted by Gasteiger charge is -2.30. The molecule has 3 aliphatic rings. The maximum absolute atomic E-state index is 13.4. The van der Waals surface area contributed by atoms with Crippen LogP contribution in [0.3, 0.4) is 0 Å². The predicted molar refractivity (Wildman–Crippen MR) is 108 cm³/mol. The van der Waals surface area contributed by atoms with Crippen molar-refractivity contribution in [3.63, 3.8) is 0 Å². The summed E-state index contributed by atoms with van der Waals surface area (Å²) in [4.78, 5) is 50.6. The third-order valence-electron chi connectivity index (χ3n) is 6.30. The molecular formula is C21H31N3O7. The first kappa shape index (κ1) is 23.2. The van der Waals surface area contributed by atoms with E-state index in [1.807, 2.05) is 6.92 Å². The highest BCUT2D eigenvalue weighted by atomic mass is 16.6. The molecule has 10 heteroatoms. The van der Waals surface area contributed by atoms with Crippen molar-refractivity contribution in [2.75, 3.05) is 26.3 Å². The molecule has 0 aromatic heterocycles. The van der Waals surface area contributed by atoms with Crippen molar-refractivity contribution in [3.05, 3.63) is 11.1 Å². The molecule has 1 aliphatic carbocycles. The van der Waals surface area contributed by atoms with E-state index in [1.165, 1.54) is 10.5 Å². The monoisotopic (exact) mass is 437 g/mol. The fraction of sp³-hybridized carbons (Fsp3) is 0.714. The van der Waals surface area contributed by atoms with Gasteiger partial charge in [-0.3, -0.25) is 24.9 Å². The number of hydroxylamine groups is 2. The fourth-order valence-electron chi connectivity index (χ4n) is 4.55. The number of rotatable bonds is 7. The summed E-state index contributed by atoms with van der Waals surface area (Å²) in [7, 11) is 0. The topological polar surface area (TPSA) is 125 Å². The Hall–Kier alpha value is -2.46. The Bertz CT molecular complexity index is 724. The first-order chi connectivity index (χ1) is 14.9. The summed E-state index contributed by atoms with van der Waals surface area (Å²) < 4.78 is 10.3. The van der Waals surface area contributed by atoms with Gasteiger partial charge >= 0.3 is 6.09 Å². The number of allylic oxidation sites excluding steroid dienone is 1. The SMILES string of the molecule is CC(=C1CCCC1)[C@H](CN(O)C=O)C(=O)N1CCC[C@H]1C(=O)NC(=O)OC1CCOC1. The van der Waals surface area contributed by atoms with Crippen LogP contribution in [0.1, 0.15) is 51.9 Å². The number of nitrogens with zero attached hydrogens (tertiary/aromatic N) is 2. The highest BCUT2D eigenvalue weighted by Crippen LogP contribution is 2.32. The summed E-state index contributed by atoms with van der Waals surface area (Å²) in [5, 5.41) is 12.5. The number of nitrogens with one attached hydrogen (secondary N) is 1. The van der Waals surface area contributed by atoms with Crippen molar-refractivity contribution in [2.45, 2.75) is 64.0 Å². The van der Waals surface area contributed by atoms with E-state index >= 15 is 0 Å². The molecule has 0 aromatic carbocycles. The maximum Gasteiger partial charge on any atom is 0.414 e. The van der Waals surface area contributed by atoms with Gasteiger partial charge < -0.3 is 14.4 Å². The van der Waals surface area contributed by atoms with Gasteiger partial charge in [-0.25, -0.2) is 9.86 Å². The average Bonchev–Trinajstić information content (AvgIpc) is 3.52. The molecule has 4 amide bonds. The van der Waals surface area contributed by atoms with Gasteiger partial charge in [-0.1, -0.05) is 11.1 Å². The number of carbonyl (C=O) groups is 4. The number of ether oxygens (including phenoxy) is 2. The Kier molecular flexibility index (Phi) is 8.03. The van der Waals surface area contributed by atoms with E-state index in [1.54, 1.807) is 0 Å². The minimum absolute atomic E-state index is 0.174. The van der Waals surface area contributed by atoms with Crippen LogP contribution in [-0.2, 0) is 23.9 Å². The van der Waals surface area contributed by atoms with Crippen LogP contribution in [0, 0.1) is 5.92 Å². The lowest BCUT2D eigenvalue weighted by atomic mass is 9.92. The van der Waals surface area contributed by atoms with Crippen molar-refractivity contribution >= 4 is 24.3 Å². The summed E-state index contributed by atoms with van der Waals surface area (Å²) in [5.41, 5.74) is 2.01. The number of imide groups is 1. The first-order valence-electron chi connectivity index (χ1n) is 10.9. The molecule has 2 saturated heterocycles. The predicted octanol–water partition coefficient (Wildman–Crippen LogP) is 1.37. The molecule has 2 aliphatic heterocycles. The van der Waals surface area contributed by atoms with Crippen molar-refractivity contribution < 1.29 is 33.9 Å². The Morgan fingerprint density at radius 3 is 2.68 bits per heavy atom. The van der Waals surface area contributed by atoms with Gasteiger partial charge in [-0.05, 0) is 45.4 Å². The molecule has 2 heterocycles. The van der Waals surface area contributed by atoms with Crippen molar-refractivity contribution in [1.29, 1.82) is 0 Å². The lowest BCUT2D eigenvalue weighted by molar-refractivity contribution is -0.156. The summed E-state index contributed by atoms with van der Waals surface area (Å²) in [6.07, 6.45) is 4.56. The van der Waals surface area contributed by atoms with Crippen molar-refractivity contribution in [3.8, 4) is 0 Å². The van der Waals surface area contributed by atoms with Gasteiger partial charge in [0.1, 0.15) is 12.1 Å².